The Kier molecular flexibility index (Phi) is 5.60. The van der Waals surface area contributed by atoms with E-state index in [-0.39, 0.29) is 11.5 Å². The fraction of sp³-hybridized carbons (Fsp3) is 0.391. The van der Waals surface area contributed by atoms with Crippen LogP contribution in [0.1, 0.15) is 44.2 Å². The van der Waals surface area contributed by atoms with Gasteiger partial charge in [-0.1, -0.05) is 6.07 Å². The van der Waals surface area contributed by atoms with Gasteiger partial charge in [0.25, 0.3) is 0 Å². The van der Waals surface area contributed by atoms with Crippen molar-refractivity contribution in [3.8, 4) is 11.8 Å². The quantitative estimate of drug-likeness (QED) is 0.728. The lowest BCUT2D eigenvalue weighted by atomic mass is 9.91. The van der Waals surface area contributed by atoms with Crippen molar-refractivity contribution in [2.75, 3.05) is 25.1 Å². The highest BCUT2D eigenvalue weighted by Gasteiger charge is 2.28. The van der Waals surface area contributed by atoms with Crippen LogP contribution in [-0.4, -0.2) is 37.0 Å². The maximum absolute atomic E-state index is 11.4. The fourth-order valence-corrected chi connectivity index (χ4v) is 3.43. The van der Waals surface area contributed by atoms with Gasteiger partial charge in [-0.3, -0.25) is 4.79 Å². The molecule has 1 radical (unpaired) electrons. The van der Waals surface area contributed by atoms with Crippen molar-refractivity contribution in [3.63, 3.8) is 0 Å². The average Bonchev–Trinajstić information content (AvgIpc) is 2.70. The van der Waals surface area contributed by atoms with Crippen molar-refractivity contribution < 1.29 is 9.53 Å². The third-order valence-electron chi connectivity index (χ3n) is 5.25. The monoisotopic (exact) mass is 376 g/mol. The lowest BCUT2D eigenvalue weighted by Gasteiger charge is -2.36. The summed E-state index contributed by atoms with van der Waals surface area (Å²) in [6, 6.07) is 15.9. The summed E-state index contributed by atoms with van der Waals surface area (Å²) in [7, 11) is 1.99. The summed E-state index contributed by atoms with van der Waals surface area (Å²) < 4.78 is 5.93. The van der Waals surface area contributed by atoms with Crippen LogP contribution in [0.2, 0.25) is 0 Å². The van der Waals surface area contributed by atoms with E-state index in [2.05, 4.69) is 29.5 Å². The lowest BCUT2D eigenvalue weighted by Crippen LogP contribution is -2.43. The topological polar surface area (TPSA) is 56.6 Å². The Labute approximate surface area is 167 Å². The minimum Gasteiger partial charge on any atom is -0.493 e. The molecule has 0 N–H and O–H groups in total. The van der Waals surface area contributed by atoms with E-state index < -0.39 is 0 Å². The standard InChI is InChI=1S/C23H26N3O2/c1-23(2,3)26(16-27)15-18-11-12-28-22-13-20(9-10-21(18)22)25(4)19-7-5-17(14-24)6-8-19/h5-10,13,18H,11-12,15H2,1-4H3/t18-/m0/s1. The molecule has 2 aromatic rings. The summed E-state index contributed by atoms with van der Waals surface area (Å²) in [4.78, 5) is 15.2. The highest BCUT2D eigenvalue weighted by atomic mass is 16.5. The van der Waals surface area contributed by atoms with Gasteiger partial charge in [-0.15, -0.1) is 0 Å². The molecule has 0 saturated carbocycles. The molecule has 1 aliphatic rings. The largest absolute Gasteiger partial charge is 0.493 e. The van der Waals surface area contributed by atoms with Gasteiger partial charge in [0.2, 0.25) is 0 Å². The van der Waals surface area contributed by atoms with Crippen molar-refractivity contribution in [2.24, 2.45) is 0 Å². The number of amides is 1. The summed E-state index contributed by atoms with van der Waals surface area (Å²) in [6.07, 6.45) is 2.97. The molecule has 0 saturated heterocycles. The first kappa shape index (κ1) is 19.8. The van der Waals surface area contributed by atoms with Gasteiger partial charge >= 0.3 is 6.41 Å². The zero-order valence-corrected chi connectivity index (χ0v) is 16.9. The molecule has 0 bridgehead atoms. The SMILES string of the molecule is CN(c1ccc(C#N)cc1)c1ccc2c(c1)OCC[C@H]2CN([C]=O)C(C)(C)C. The Morgan fingerprint density at radius 3 is 2.43 bits per heavy atom. The van der Waals surface area contributed by atoms with Crippen LogP contribution >= 0.6 is 0 Å². The number of benzene rings is 2. The molecule has 1 heterocycles. The lowest BCUT2D eigenvalue weighted by molar-refractivity contribution is 0.189. The van der Waals surface area contributed by atoms with Crippen molar-refractivity contribution in [1.29, 1.82) is 5.26 Å². The Balaban J connectivity index is 1.84. The van der Waals surface area contributed by atoms with Gasteiger partial charge in [-0.25, -0.2) is 0 Å². The van der Waals surface area contributed by atoms with E-state index in [4.69, 9.17) is 10.00 Å². The third kappa shape index (κ3) is 4.12. The van der Waals surface area contributed by atoms with E-state index >= 15 is 0 Å². The molecule has 0 aromatic heterocycles. The number of hydrogen-bond donors (Lipinski definition) is 0. The highest BCUT2D eigenvalue weighted by molar-refractivity contribution is 5.66. The number of ether oxygens (including phenoxy) is 1. The molecule has 0 spiro atoms. The molecular formula is C23H26N3O2. The number of anilines is 2. The third-order valence-corrected chi connectivity index (χ3v) is 5.25. The summed E-state index contributed by atoms with van der Waals surface area (Å²) in [6.45, 7) is 7.34. The van der Waals surface area contributed by atoms with E-state index in [1.54, 1.807) is 4.90 Å². The first-order valence-electron chi connectivity index (χ1n) is 9.49. The summed E-state index contributed by atoms with van der Waals surface area (Å²) >= 11 is 0. The molecular weight excluding hydrogens is 350 g/mol. The van der Waals surface area contributed by atoms with E-state index in [0.29, 0.717) is 18.7 Å². The average molecular weight is 376 g/mol. The molecule has 5 nitrogen and oxygen atoms in total. The van der Waals surface area contributed by atoms with Gasteiger partial charge in [0.05, 0.1) is 18.2 Å². The molecule has 28 heavy (non-hydrogen) atoms. The van der Waals surface area contributed by atoms with Crippen LogP contribution in [0.25, 0.3) is 0 Å². The summed E-state index contributed by atoms with van der Waals surface area (Å²) in [5.74, 6) is 1.10. The Hall–Kier alpha value is -3.00. The Morgan fingerprint density at radius 1 is 1.14 bits per heavy atom. The normalized spacial score (nSPS) is 15.8. The molecule has 5 heteroatoms. The molecule has 0 aliphatic carbocycles. The van der Waals surface area contributed by atoms with Gasteiger partial charge < -0.3 is 14.5 Å². The molecule has 1 amide bonds. The van der Waals surface area contributed by atoms with Crippen LogP contribution in [0, 0.1) is 11.3 Å². The summed E-state index contributed by atoms with van der Waals surface area (Å²) in [5.41, 5.74) is 3.53. The zero-order valence-electron chi connectivity index (χ0n) is 16.9. The van der Waals surface area contributed by atoms with Crippen LogP contribution in [0.3, 0.4) is 0 Å². The minimum atomic E-state index is -0.254. The number of hydrogen-bond acceptors (Lipinski definition) is 4. The molecule has 145 valence electrons. The predicted octanol–water partition coefficient (Wildman–Crippen LogP) is 4.36. The number of fused-ring (bicyclic) bond motifs is 1. The molecule has 1 aliphatic heterocycles. The van der Waals surface area contributed by atoms with Crippen molar-refractivity contribution in [2.45, 2.75) is 38.6 Å². The van der Waals surface area contributed by atoms with E-state index in [1.807, 2.05) is 58.2 Å². The van der Waals surface area contributed by atoms with E-state index in [0.717, 1.165) is 29.1 Å². The van der Waals surface area contributed by atoms with Crippen molar-refractivity contribution in [3.05, 3.63) is 53.6 Å². The van der Waals surface area contributed by atoms with Crippen LogP contribution in [0.15, 0.2) is 42.5 Å². The second-order valence-corrected chi connectivity index (χ2v) is 8.15. The Morgan fingerprint density at radius 2 is 1.82 bits per heavy atom. The van der Waals surface area contributed by atoms with Crippen LogP contribution in [0.4, 0.5) is 11.4 Å². The van der Waals surface area contributed by atoms with E-state index in [1.165, 1.54) is 0 Å². The number of nitriles is 1. The first-order chi connectivity index (χ1) is 13.3. The summed E-state index contributed by atoms with van der Waals surface area (Å²) in [5, 5.41) is 8.96. The van der Waals surface area contributed by atoms with Crippen LogP contribution < -0.4 is 9.64 Å². The first-order valence-corrected chi connectivity index (χ1v) is 9.49. The molecule has 1 atom stereocenters. The van der Waals surface area contributed by atoms with Gasteiger partial charge in [-0.2, -0.15) is 5.26 Å². The van der Waals surface area contributed by atoms with E-state index in [9.17, 15) is 4.79 Å². The Bertz CT molecular complexity index is 878. The maximum atomic E-state index is 11.4. The van der Waals surface area contributed by atoms with Crippen LogP contribution in [-0.2, 0) is 4.79 Å². The number of carbonyl (C=O) groups excluding carboxylic acids is 1. The zero-order chi connectivity index (χ0) is 20.3. The number of rotatable bonds is 5. The van der Waals surface area contributed by atoms with Gasteiger partial charge in [-0.05, 0) is 63.1 Å². The fourth-order valence-electron chi connectivity index (χ4n) is 3.43. The maximum Gasteiger partial charge on any atom is 0.312 e. The van der Waals surface area contributed by atoms with Crippen molar-refractivity contribution >= 4 is 17.8 Å². The van der Waals surface area contributed by atoms with Gasteiger partial charge in [0.1, 0.15) is 5.75 Å². The second-order valence-electron chi connectivity index (χ2n) is 8.15. The van der Waals surface area contributed by atoms with Gasteiger partial charge in [0.15, 0.2) is 0 Å². The minimum absolute atomic E-state index is 0.235. The highest BCUT2D eigenvalue weighted by Crippen LogP contribution is 2.38. The van der Waals surface area contributed by atoms with Gasteiger partial charge in [0, 0.05) is 42.5 Å². The molecule has 3 rings (SSSR count). The van der Waals surface area contributed by atoms with Crippen molar-refractivity contribution in [1.82, 2.24) is 4.90 Å². The molecule has 2 aromatic carbocycles. The second kappa shape index (κ2) is 7.93. The molecule has 0 unspecified atom stereocenters. The molecule has 0 fully saturated rings. The predicted molar refractivity (Wildman–Crippen MR) is 111 cm³/mol. The van der Waals surface area contributed by atoms with Crippen LogP contribution in [0.5, 0.6) is 5.75 Å². The number of nitrogens with zero attached hydrogens (tertiary/aromatic N) is 3. The smallest absolute Gasteiger partial charge is 0.312 e.